The van der Waals surface area contributed by atoms with Crippen LogP contribution in [-0.4, -0.2) is 31.2 Å². The summed E-state index contributed by atoms with van der Waals surface area (Å²) in [4.78, 5) is 11.6. The molecule has 14 heavy (non-hydrogen) atoms. The quantitative estimate of drug-likeness (QED) is 0.643. The van der Waals surface area contributed by atoms with Crippen LogP contribution in [0.2, 0.25) is 0 Å². The molecule has 0 bridgehead atoms. The number of nitrogens with two attached hydrogens (primary N) is 1. The zero-order valence-corrected chi connectivity index (χ0v) is 9.59. The first kappa shape index (κ1) is 13.4. The number of hydrogen-bond donors (Lipinski definition) is 2. The van der Waals surface area contributed by atoms with Crippen molar-refractivity contribution in [1.29, 1.82) is 0 Å². The molecule has 0 saturated heterocycles. The van der Waals surface area contributed by atoms with Crippen molar-refractivity contribution >= 4 is 5.97 Å². The predicted octanol–water partition coefficient (Wildman–Crippen LogP) is 0.655. The Bertz CT molecular complexity index is 175. The van der Waals surface area contributed by atoms with Gasteiger partial charge in [-0.15, -0.1) is 0 Å². The minimum atomic E-state index is -0.422. The normalized spacial score (nSPS) is 13.8. The number of esters is 1. The number of carbonyl (C=O) groups excluding carboxylic acids is 1. The molecule has 0 fully saturated rings. The minimum Gasteiger partial charge on any atom is -0.459 e. The summed E-state index contributed by atoms with van der Waals surface area (Å²) in [7, 11) is 1.76. The number of likely N-dealkylation sites (N-methyl/N-ethyl adjacent to an activating group) is 1. The monoisotopic (exact) mass is 202 g/mol. The van der Waals surface area contributed by atoms with Crippen molar-refractivity contribution in [2.75, 3.05) is 13.6 Å². The van der Waals surface area contributed by atoms with Gasteiger partial charge in [0.2, 0.25) is 0 Å². The maximum atomic E-state index is 11.6. The summed E-state index contributed by atoms with van der Waals surface area (Å²) in [6.45, 7) is 6.18. The van der Waals surface area contributed by atoms with Gasteiger partial charge in [-0.1, -0.05) is 0 Å². The van der Waals surface area contributed by atoms with Crippen LogP contribution >= 0.6 is 0 Å². The number of rotatable bonds is 5. The van der Waals surface area contributed by atoms with Crippen LogP contribution in [0.25, 0.3) is 0 Å². The van der Waals surface area contributed by atoms with Gasteiger partial charge >= 0.3 is 5.97 Å². The van der Waals surface area contributed by atoms with Crippen molar-refractivity contribution in [3.8, 4) is 0 Å². The SMILES string of the molecule is CNC(CCCN)C(=O)OC(C)(C)C. The van der Waals surface area contributed by atoms with E-state index in [-0.39, 0.29) is 12.0 Å². The molecule has 4 nitrogen and oxygen atoms in total. The standard InChI is InChI=1S/C10H22N2O2/c1-10(2,3)14-9(13)8(12-4)6-5-7-11/h8,12H,5-7,11H2,1-4H3. The fraction of sp³-hybridized carbons (Fsp3) is 0.900. The van der Waals surface area contributed by atoms with Gasteiger partial charge in [0, 0.05) is 0 Å². The Hall–Kier alpha value is -0.610. The highest BCUT2D eigenvalue weighted by Gasteiger charge is 2.23. The molecule has 4 heteroatoms. The van der Waals surface area contributed by atoms with E-state index in [4.69, 9.17) is 10.5 Å². The van der Waals surface area contributed by atoms with E-state index in [0.717, 1.165) is 12.8 Å². The van der Waals surface area contributed by atoms with E-state index in [9.17, 15) is 4.79 Å². The lowest BCUT2D eigenvalue weighted by molar-refractivity contribution is -0.157. The predicted molar refractivity (Wildman–Crippen MR) is 57.0 cm³/mol. The molecule has 0 aliphatic rings. The number of ether oxygens (including phenoxy) is 1. The van der Waals surface area contributed by atoms with Crippen molar-refractivity contribution in [3.63, 3.8) is 0 Å². The zero-order valence-electron chi connectivity index (χ0n) is 9.59. The Morgan fingerprint density at radius 1 is 1.50 bits per heavy atom. The van der Waals surface area contributed by atoms with Crippen LogP contribution in [-0.2, 0) is 9.53 Å². The van der Waals surface area contributed by atoms with Crippen molar-refractivity contribution < 1.29 is 9.53 Å². The van der Waals surface area contributed by atoms with E-state index in [1.807, 2.05) is 20.8 Å². The molecule has 0 amide bonds. The minimum absolute atomic E-state index is 0.201. The van der Waals surface area contributed by atoms with E-state index in [2.05, 4.69) is 5.32 Å². The number of carbonyl (C=O) groups is 1. The molecule has 3 N–H and O–H groups in total. The molecule has 84 valence electrons. The summed E-state index contributed by atoms with van der Waals surface area (Å²) in [5, 5.41) is 2.93. The fourth-order valence-electron chi connectivity index (χ4n) is 1.07. The fourth-order valence-corrected chi connectivity index (χ4v) is 1.07. The van der Waals surface area contributed by atoms with Crippen LogP contribution < -0.4 is 11.1 Å². The van der Waals surface area contributed by atoms with Gasteiger partial charge in [-0.2, -0.15) is 0 Å². The molecule has 1 unspecified atom stereocenters. The highest BCUT2D eigenvalue weighted by Crippen LogP contribution is 2.10. The average molecular weight is 202 g/mol. The molecule has 0 heterocycles. The van der Waals surface area contributed by atoms with Crippen LogP contribution in [0.3, 0.4) is 0 Å². The second-order valence-electron chi connectivity index (χ2n) is 4.31. The zero-order chi connectivity index (χ0) is 11.2. The van der Waals surface area contributed by atoms with Gasteiger partial charge < -0.3 is 15.8 Å². The van der Waals surface area contributed by atoms with Crippen molar-refractivity contribution in [3.05, 3.63) is 0 Å². The molecular formula is C10H22N2O2. The van der Waals surface area contributed by atoms with E-state index < -0.39 is 5.60 Å². The van der Waals surface area contributed by atoms with Gasteiger partial charge in [-0.05, 0) is 47.2 Å². The lowest BCUT2D eigenvalue weighted by atomic mass is 10.1. The summed E-state index contributed by atoms with van der Waals surface area (Å²) in [6, 6.07) is -0.238. The van der Waals surface area contributed by atoms with Crippen molar-refractivity contribution in [2.45, 2.75) is 45.3 Å². The van der Waals surface area contributed by atoms with Gasteiger partial charge in [-0.25, -0.2) is 0 Å². The second-order valence-corrected chi connectivity index (χ2v) is 4.31. The van der Waals surface area contributed by atoms with Crippen LogP contribution in [0, 0.1) is 0 Å². The highest BCUT2D eigenvalue weighted by atomic mass is 16.6. The van der Waals surface area contributed by atoms with Gasteiger partial charge in [0.25, 0.3) is 0 Å². The van der Waals surface area contributed by atoms with Crippen molar-refractivity contribution in [2.24, 2.45) is 5.73 Å². The summed E-state index contributed by atoms with van der Waals surface area (Å²) in [6.07, 6.45) is 1.55. The molecule has 0 radical (unpaired) electrons. The Kier molecular flexibility index (Phi) is 5.72. The molecule has 0 aromatic rings. The Labute approximate surface area is 86.2 Å². The third kappa shape index (κ3) is 5.94. The Morgan fingerprint density at radius 3 is 2.43 bits per heavy atom. The molecule has 0 saturated carbocycles. The van der Waals surface area contributed by atoms with E-state index in [1.54, 1.807) is 7.05 Å². The number of hydrogen-bond acceptors (Lipinski definition) is 4. The van der Waals surface area contributed by atoms with Gasteiger partial charge in [0.05, 0.1) is 0 Å². The summed E-state index contributed by atoms with van der Waals surface area (Å²) < 4.78 is 5.25. The molecule has 1 atom stereocenters. The lowest BCUT2D eigenvalue weighted by Gasteiger charge is -2.23. The smallest absolute Gasteiger partial charge is 0.323 e. The summed E-state index contributed by atoms with van der Waals surface area (Å²) >= 11 is 0. The molecule has 0 aliphatic heterocycles. The van der Waals surface area contributed by atoms with Crippen LogP contribution in [0.4, 0.5) is 0 Å². The molecule has 0 aliphatic carbocycles. The maximum absolute atomic E-state index is 11.6. The maximum Gasteiger partial charge on any atom is 0.323 e. The van der Waals surface area contributed by atoms with Crippen LogP contribution in [0.15, 0.2) is 0 Å². The van der Waals surface area contributed by atoms with Crippen LogP contribution in [0.1, 0.15) is 33.6 Å². The van der Waals surface area contributed by atoms with Gasteiger partial charge in [0.15, 0.2) is 0 Å². The summed E-state index contributed by atoms with van der Waals surface area (Å²) in [5.74, 6) is -0.201. The van der Waals surface area contributed by atoms with E-state index >= 15 is 0 Å². The average Bonchev–Trinajstić information content (AvgIpc) is 2.02. The summed E-state index contributed by atoms with van der Waals surface area (Å²) in [5.41, 5.74) is 4.96. The van der Waals surface area contributed by atoms with E-state index in [1.165, 1.54) is 0 Å². The second kappa shape index (κ2) is 5.98. The van der Waals surface area contributed by atoms with E-state index in [0.29, 0.717) is 6.54 Å². The van der Waals surface area contributed by atoms with Gasteiger partial charge in [0.1, 0.15) is 11.6 Å². The third-order valence-electron chi connectivity index (χ3n) is 1.74. The molecule has 0 rings (SSSR count). The lowest BCUT2D eigenvalue weighted by Crippen LogP contribution is -2.39. The molecule has 0 aromatic carbocycles. The first-order valence-electron chi connectivity index (χ1n) is 5.01. The number of nitrogens with one attached hydrogen (secondary N) is 1. The Morgan fingerprint density at radius 2 is 2.07 bits per heavy atom. The topological polar surface area (TPSA) is 64.3 Å². The van der Waals surface area contributed by atoms with Crippen LogP contribution in [0.5, 0.6) is 0 Å². The first-order valence-corrected chi connectivity index (χ1v) is 5.01. The largest absolute Gasteiger partial charge is 0.459 e. The molecule has 0 spiro atoms. The molecular weight excluding hydrogens is 180 g/mol. The van der Waals surface area contributed by atoms with Gasteiger partial charge in [-0.3, -0.25) is 4.79 Å². The molecule has 0 aromatic heterocycles. The third-order valence-corrected chi connectivity index (χ3v) is 1.74. The first-order chi connectivity index (χ1) is 6.40. The highest BCUT2D eigenvalue weighted by molar-refractivity contribution is 5.76. The van der Waals surface area contributed by atoms with Crippen molar-refractivity contribution in [1.82, 2.24) is 5.32 Å². The Balaban J connectivity index is 4.04.